The lowest BCUT2D eigenvalue weighted by Gasteiger charge is -2.07. The largest absolute Gasteiger partial charge is 0.465 e. The molecule has 0 fully saturated rings. The Labute approximate surface area is 162 Å². The SMILES string of the molecule is COC(=O)c1c(NC(=O)c2cc3cc([N+](=O)[O-])ccc3oc2=N)sc(C)c1C. The van der Waals surface area contributed by atoms with Crippen LogP contribution in [0.15, 0.2) is 28.7 Å². The van der Waals surface area contributed by atoms with E-state index in [2.05, 4.69) is 5.32 Å². The number of hydrogen-bond acceptors (Lipinski definition) is 8. The monoisotopic (exact) mass is 401 g/mol. The van der Waals surface area contributed by atoms with Crippen LogP contribution >= 0.6 is 11.3 Å². The van der Waals surface area contributed by atoms with E-state index in [1.54, 1.807) is 6.92 Å². The van der Waals surface area contributed by atoms with Gasteiger partial charge in [-0.1, -0.05) is 0 Å². The first-order valence-electron chi connectivity index (χ1n) is 7.99. The number of nitrogens with zero attached hydrogens (tertiary/aromatic N) is 1. The first kappa shape index (κ1) is 19.2. The molecule has 144 valence electrons. The summed E-state index contributed by atoms with van der Waals surface area (Å²) in [5.41, 5.74) is 0.501. The van der Waals surface area contributed by atoms with E-state index in [4.69, 9.17) is 14.6 Å². The van der Waals surface area contributed by atoms with Crippen LogP contribution < -0.4 is 10.9 Å². The van der Waals surface area contributed by atoms with Crippen molar-refractivity contribution in [3.8, 4) is 0 Å². The molecule has 0 saturated heterocycles. The fraction of sp³-hybridized carbons (Fsp3) is 0.167. The molecule has 0 radical (unpaired) electrons. The molecule has 0 spiro atoms. The van der Waals surface area contributed by atoms with Gasteiger partial charge in [0.2, 0.25) is 5.55 Å². The molecule has 3 aromatic rings. The molecule has 1 aromatic carbocycles. The number of nitrogens with one attached hydrogen (secondary N) is 2. The van der Waals surface area contributed by atoms with E-state index in [0.717, 1.165) is 4.88 Å². The highest BCUT2D eigenvalue weighted by Gasteiger charge is 2.23. The van der Waals surface area contributed by atoms with Crippen LogP contribution in [-0.2, 0) is 4.74 Å². The molecule has 9 nitrogen and oxygen atoms in total. The van der Waals surface area contributed by atoms with Gasteiger partial charge in [0.15, 0.2) is 0 Å². The van der Waals surface area contributed by atoms with Crippen LogP contribution in [0.3, 0.4) is 0 Å². The van der Waals surface area contributed by atoms with Gasteiger partial charge in [0.25, 0.3) is 11.6 Å². The Morgan fingerprint density at radius 1 is 1.29 bits per heavy atom. The van der Waals surface area contributed by atoms with Gasteiger partial charge in [-0.05, 0) is 31.5 Å². The van der Waals surface area contributed by atoms with Crippen LogP contribution in [0, 0.1) is 29.4 Å². The van der Waals surface area contributed by atoms with Crippen molar-refractivity contribution in [3.63, 3.8) is 0 Å². The van der Waals surface area contributed by atoms with Crippen LogP contribution in [-0.4, -0.2) is 23.9 Å². The predicted octanol–water partition coefficient (Wildman–Crippen LogP) is 3.54. The summed E-state index contributed by atoms with van der Waals surface area (Å²) in [5.74, 6) is -1.25. The third kappa shape index (κ3) is 3.37. The maximum absolute atomic E-state index is 12.7. The minimum absolute atomic E-state index is 0.118. The average Bonchev–Trinajstić information content (AvgIpc) is 2.93. The highest BCUT2D eigenvalue weighted by Crippen LogP contribution is 2.33. The van der Waals surface area contributed by atoms with Crippen molar-refractivity contribution >= 4 is 44.9 Å². The maximum atomic E-state index is 12.7. The zero-order valence-corrected chi connectivity index (χ0v) is 15.9. The Kier molecular flexibility index (Phi) is 4.97. The summed E-state index contributed by atoms with van der Waals surface area (Å²) in [6.07, 6.45) is 0. The average molecular weight is 401 g/mol. The number of carbonyl (C=O) groups excluding carboxylic acids is 2. The smallest absolute Gasteiger partial charge is 0.341 e. The minimum Gasteiger partial charge on any atom is -0.465 e. The quantitative estimate of drug-likeness (QED) is 0.390. The fourth-order valence-corrected chi connectivity index (χ4v) is 3.69. The Hall–Kier alpha value is -3.53. The van der Waals surface area contributed by atoms with Crippen molar-refractivity contribution in [3.05, 3.63) is 61.5 Å². The zero-order valence-electron chi connectivity index (χ0n) is 15.1. The molecule has 0 saturated carbocycles. The number of benzene rings is 1. The molecule has 2 N–H and O–H groups in total. The molecule has 28 heavy (non-hydrogen) atoms. The Balaban J connectivity index is 2.04. The van der Waals surface area contributed by atoms with Crippen molar-refractivity contribution < 1.29 is 23.7 Å². The lowest BCUT2D eigenvalue weighted by Crippen LogP contribution is -2.21. The Bertz CT molecular complexity index is 1190. The van der Waals surface area contributed by atoms with E-state index in [0.29, 0.717) is 16.0 Å². The fourth-order valence-electron chi connectivity index (χ4n) is 2.64. The molecule has 1 amide bonds. The summed E-state index contributed by atoms with van der Waals surface area (Å²) in [6, 6.07) is 5.22. The van der Waals surface area contributed by atoms with E-state index < -0.39 is 22.4 Å². The number of thiophene rings is 1. The molecule has 2 heterocycles. The first-order chi connectivity index (χ1) is 13.2. The summed E-state index contributed by atoms with van der Waals surface area (Å²) >= 11 is 1.21. The number of ether oxygens (including phenoxy) is 1. The number of fused-ring (bicyclic) bond motifs is 1. The zero-order chi connectivity index (χ0) is 20.6. The summed E-state index contributed by atoms with van der Waals surface area (Å²) in [6.45, 7) is 3.55. The number of methoxy groups -OCH3 is 1. The molecule has 10 heteroatoms. The number of amides is 1. The van der Waals surface area contributed by atoms with Gasteiger partial charge in [0.1, 0.15) is 16.1 Å². The highest BCUT2D eigenvalue weighted by atomic mass is 32.1. The van der Waals surface area contributed by atoms with Crippen molar-refractivity contribution in [2.75, 3.05) is 12.4 Å². The van der Waals surface area contributed by atoms with E-state index in [-0.39, 0.29) is 22.4 Å². The van der Waals surface area contributed by atoms with E-state index in [1.807, 2.05) is 6.92 Å². The van der Waals surface area contributed by atoms with Gasteiger partial charge in [-0.3, -0.25) is 20.3 Å². The van der Waals surface area contributed by atoms with Crippen LogP contribution in [0.25, 0.3) is 11.0 Å². The van der Waals surface area contributed by atoms with E-state index in [1.165, 1.54) is 42.7 Å². The number of nitro benzene ring substituents is 1. The Morgan fingerprint density at radius 2 is 2.00 bits per heavy atom. The number of non-ortho nitro benzene ring substituents is 1. The van der Waals surface area contributed by atoms with E-state index >= 15 is 0 Å². The second-order valence-corrected chi connectivity index (χ2v) is 7.13. The molecular weight excluding hydrogens is 386 g/mol. The molecule has 0 atom stereocenters. The van der Waals surface area contributed by atoms with Gasteiger partial charge < -0.3 is 14.5 Å². The summed E-state index contributed by atoms with van der Waals surface area (Å²) in [5, 5.41) is 22.1. The van der Waals surface area contributed by atoms with Gasteiger partial charge in [-0.15, -0.1) is 11.3 Å². The second-order valence-electron chi connectivity index (χ2n) is 5.90. The van der Waals surface area contributed by atoms with Gasteiger partial charge >= 0.3 is 5.97 Å². The molecule has 0 aliphatic rings. The lowest BCUT2D eigenvalue weighted by molar-refractivity contribution is -0.384. The minimum atomic E-state index is -0.673. The number of hydrogen-bond donors (Lipinski definition) is 2. The van der Waals surface area contributed by atoms with Crippen LogP contribution in [0.2, 0.25) is 0 Å². The van der Waals surface area contributed by atoms with Crippen LogP contribution in [0.1, 0.15) is 31.2 Å². The van der Waals surface area contributed by atoms with Gasteiger partial charge in [-0.25, -0.2) is 4.79 Å². The Morgan fingerprint density at radius 3 is 2.64 bits per heavy atom. The van der Waals surface area contributed by atoms with Crippen LogP contribution in [0.4, 0.5) is 10.7 Å². The van der Waals surface area contributed by atoms with Crippen molar-refractivity contribution in [2.24, 2.45) is 0 Å². The first-order valence-corrected chi connectivity index (χ1v) is 8.81. The van der Waals surface area contributed by atoms with Crippen molar-refractivity contribution in [1.29, 1.82) is 5.41 Å². The summed E-state index contributed by atoms with van der Waals surface area (Å²) in [4.78, 5) is 36.0. The van der Waals surface area contributed by atoms with Gasteiger partial charge in [0.05, 0.1) is 17.6 Å². The second kappa shape index (κ2) is 7.24. The summed E-state index contributed by atoms with van der Waals surface area (Å²) < 4.78 is 10.1. The highest BCUT2D eigenvalue weighted by molar-refractivity contribution is 7.16. The topological polar surface area (TPSA) is 136 Å². The number of esters is 1. The number of carbonyl (C=O) groups is 2. The maximum Gasteiger partial charge on any atom is 0.341 e. The standard InChI is InChI=1S/C18H15N3O6S/c1-8-9(2)28-17(14(8)18(23)26-3)20-16(22)12-7-10-6-11(21(24)25)4-5-13(10)27-15(12)19/h4-7,19H,1-3H3,(H,20,22). The predicted molar refractivity (Wildman–Crippen MR) is 102 cm³/mol. The molecule has 0 bridgehead atoms. The lowest BCUT2D eigenvalue weighted by atomic mass is 10.1. The summed E-state index contributed by atoms with van der Waals surface area (Å²) in [7, 11) is 1.25. The van der Waals surface area contributed by atoms with Crippen molar-refractivity contribution in [1.82, 2.24) is 0 Å². The normalized spacial score (nSPS) is 10.7. The molecule has 3 rings (SSSR count). The van der Waals surface area contributed by atoms with Gasteiger partial charge in [-0.2, -0.15) is 0 Å². The molecule has 0 unspecified atom stereocenters. The van der Waals surface area contributed by atoms with E-state index in [9.17, 15) is 19.7 Å². The molecule has 0 aliphatic carbocycles. The number of anilines is 1. The van der Waals surface area contributed by atoms with Crippen LogP contribution in [0.5, 0.6) is 0 Å². The van der Waals surface area contributed by atoms with Gasteiger partial charge in [0, 0.05) is 22.4 Å². The number of nitro groups is 1. The van der Waals surface area contributed by atoms with Crippen molar-refractivity contribution in [2.45, 2.75) is 13.8 Å². The number of aryl methyl sites for hydroxylation is 1. The molecule has 0 aliphatic heterocycles. The third-order valence-electron chi connectivity index (χ3n) is 4.21. The molecule has 2 aromatic heterocycles. The third-order valence-corrected chi connectivity index (χ3v) is 5.33. The molecular formula is C18H15N3O6S. The number of rotatable bonds is 4.